The number of para-hydroxylation sites is 8. The van der Waals surface area contributed by atoms with Crippen LogP contribution in [0.15, 0.2) is 358 Å². The summed E-state index contributed by atoms with van der Waals surface area (Å²) in [5.41, 5.74) is 37.7. The van der Waals surface area contributed by atoms with Gasteiger partial charge in [0.1, 0.15) is 0 Å². The van der Waals surface area contributed by atoms with E-state index in [9.17, 15) is 0 Å². The fraction of sp³-hybridized carbons (Fsp3) is 0.0485. The molecule has 512 valence electrons. The molecule has 0 N–H and O–H groups in total. The molecule has 6 heteroatoms. The number of anilines is 2. The molecular weight excluding hydrogens is 1320 g/mol. The van der Waals surface area contributed by atoms with Crippen molar-refractivity contribution in [2.75, 3.05) is 4.90 Å². The van der Waals surface area contributed by atoms with Crippen LogP contribution in [0.2, 0.25) is 0 Å². The van der Waals surface area contributed by atoms with Gasteiger partial charge in [-0.3, -0.25) is 0 Å². The van der Waals surface area contributed by atoms with Gasteiger partial charge < -0.3 is 27.7 Å². The monoisotopic (exact) mass is 1390 g/mol. The van der Waals surface area contributed by atoms with Crippen LogP contribution in [0.4, 0.5) is 11.4 Å². The van der Waals surface area contributed by atoms with E-state index < -0.39 is 0 Å². The zero-order chi connectivity index (χ0) is 71.4. The summed E-state index contributed by atoms with van der Waals surface area (Å²) in [6.07, 6.45) is 15.6. The van der Waals surface area contributed by atoms with E-state index in [4.69, 9.17) is 0 Å². The maximum Gasteiger partial charge on any atom is 0.0548 e. The van der Waals surface area contributed by atoms with Crippen LogP contribution in [-0.4, -0.2) is 22.8 Å². The zero-order valence-electron chi connectivity index (χ0n) is 59.8. The molecule has 0 saturated carbocycles. The average molecular weight is 1390 g/mol. The molecule has 0 amide bonds. The van der Waals surface area contributed by atoms with E-state index in [2.05, 4.69) is 398 Å². The number of rotatable bonds is 10. The average Bonchev–Trinajstić information content (AvgIpc) is 1.56. The van der Waals surface area contributed by atoms with Crippen molar-refractivity contribution in [1.82, 2.24) is 22.8 Å². The molecule has 23 rings (SSSR count). The third kappa shape index (κ3) is 9.41. The number of fused-ring (bicyclic) bond motifs is 20. The van der Waals surface area contributed by atoms with E-state index in [1.165, 1.54) is 133 Å². The summed E-state index contributed by atoms with van der Waals surface area (Å²) in [4.78, 5) is 2.50. The SMILES string of the molecule is C1=Cc2c(n(-c3cc(-c4cccc(-c5cccc(-n6c7c(c8ccccc86)CC6C(=C7)N(c7ccccc7)c7ccccc76)c5)c4)cc(-c4cccc(-c5cccc(-n6c7c(c8ccccc86)-c6c(n(-c8ccccc8)c8ccccc68)C=CC7)c5)c4)c3)c3ccc4c(c5ccccc5n4-c4ccccc4)c23)CC1. The van der Waals surface area contributed by atoms with E-state index in [1.54, 1.807) is 0 Å². The van der Waals surface area contributed by atoms with Crippen LogP contribution in [-0.2, 0) is 19.3 Å². The van der Waals surface area contributed by atoms with Crippen molar-refractivity contribution in [2.24, 2.45) is 0 Å². The van der Waals surface area contributed by atoms with Gasteiger partial charge in [0.25, 0.3) is 0 Å². The topological polar surface area (TPSA) is 27.9 Å². The third-order valence-corrected chi connectivity index (χ3v) is 23.8. The summed E-state index contributed by atoms with van der Waals surface area (Å²) in [5, 5.41) is 7.65. The summed E-state index contributed by atoms with van der Waals surface area (Å²) in [7, 11) is 0. The van der Waals surface area contributed by atoms with Crippen LogP contribution >= 0.6 is 0 Å². The Bertz CT molecular complexity index is 7100. The predicted octanol–water partition coefficient (Wildman–Crippen LogP) is 26.3. The summed E-state index contributed by atoms with van der Waals surface area (Å²) in [6.45, 7) is 0. The Labute approximate surface area is 631 Å². The van der Waals surface area contributed by atoms with Crippen LogP contribution in [0, 0.1) is 0 Å². The first-order valence-electron chi connectivity index (χ1n) is 38.3. The Morgan fingerprint density at radius 3 is 1.40 bits per heavy atom. The lowest BCUT2D eigenvalue weighted by Crippen LogP contribution is -2.18. The van der Waals surface area contributed by atoms with Crippen molar-refractivity contribution >= 4 is 95.0 Å². The van der Waals surface area contributed by atoms with E-state index in [0.717, 1.165) is 98.6 Å². The fourth-order valence-corrected chi connectivity index (χ4v) is 19.3. The van der Waals surface area contributed by atoms with Gasteiger partial charge >= 0.3 is 0 Å². The van der Waals surface area contributed by atoms with Crippen LogP contribution in [0.3, 0.4) is 0 Å². The number of benzene rings is 14. The van der Waals surface area contributed by atoms with Crippen LogP contribution in [0.25, 0.3) is 168 Å². The molecule has 6 nitrogen and oxygen atoms in total. The van der Waals surface area contributed by atoms with Gasteiger partial charge in [-0.2, -0.15) is 0 Å². The van der Waals surface area contributed by atoms with Crippen LogP contribution in [0.5, 0.6) is 0 Å². The quantitative estimate of drug-likeness (QED) is 0.134. The lowest BCUT2D eigenvalue weighted by atomic mass is 9.86. The van der Waals surface area contributed by atoms with Crippen molar-refractivity contribution < 1.29 is 0 Å². The van der Waals surface area contributed by atoms with Crippen molar-refractivity contribution in [3.05, 3.63) is 397 Å². The first-order chi connectivity index (χ1) is 54.1. The molecule has 0 spiro atoms. The summed E-state index contributed by atoms with van der Waals surface area (Å²) in [6, 6.07) is 127. The van der Waals surface area contributed by atoms with Gasteiger partial charge in [-0.15, -0.1) is 0 Å². The zero-order valence-corrected chi connectivity index (χ0v) is 59.8. The Kier molecular flexibility index (Phi) is 13.7. The number of hydrogen-bond donors (Lipinski definition) is 0. The smallest absolute Gasteiger partial charge is 0.0548 e. The van der Waals surface area contributed by atoms with Crippen molar-refractivity contribution in [1.29, 1.82) is 0 Å². The lowest BCUT2D eigenvalue weighted by molar-refractivity contribution is 0.796. The molecule has 5 aromatic heterocycles. The van der Waals surface area contributed by atoms with E-state index in [-0.39, 0.29) is 5.92 Å². The van der Waals surface area contributed by atoms with E-state index in [1.807, 2.05) is 0 Å². The molecule has 0 saturated heterocycles. The Morgan fingerprint density at radius 2 is 0.743 bits per heavy atom. The van der Waals surface area contributed by atoms with Crippen molar-refractivity contribution in [3.8, 4) is 84.1 Å². The lowest BCUT2D eigenvalue weighted by Gasteiger charge is -2.27. The number of nitrogens with zero attached hydrogens (tertiary/aromatic N) is 6. The van der Waals surface area contributed by atoms with Crippen LogP contribution < -0.4 is 4.90 Å². The maximum atomic E-state index is 2.61. The predicted molar refractivity (Wildman–Crippen MR) is 455 cm³/mol. The molecule has 1 unspecified atom stereocenters. The van der Waals surface area contributed by atoms with Gasteiger partial charge in [0.2, 0.25) is 0 Å². The van der Waals surface area contributed by atoms with Crippen LogP contribution in [0.1, 0.15) is 51.8 Å². The summed E-state index contributed by atoms with van der Waals surface area (Å²) >= 11 is 0. The molecule has 3 aliphatic carbocycles. The molecule has 0 fully saturated rings. The highest BCUT2D eigenvalue weighted by Crippen LogP contribution is 2.55. The normalized spacial score (nSPS) is 14.1. The van der Waals surface area contributed by atoms with Gasteiger partial charge in [-0.05, 0) is 221 Å². The highest BCUT2D eigenvalue weighted by molar-refractivity contribution is 6.24. The third-order valence-electron chi connectivity index (χ3n) is 23.8. The second kappa shape index (κ2) is 24.3. The molecule has 109 heavy (non-hydrogen) atoms. The second-order valence-corrected chi connectivity index (χ2v) is 29.7. The maximum absolute atomic E-state index is 2.61. The highest BCUT2D eigenvalue weighted by Gasteiger charge is 2.39. The minimum absolute atomic E-state index is 0.248. The van der Waals surface area contributed by atoms with Crippen molar-refractivity contribution in [2.45, 2.75) is 31.6 Å². The molecule has 1 aliphatic heterocycles. The highest BCUT2D eigenvalue weighted by atomic mass is 15.2. The minimum atomic E-state index is 0.248. The standard InChI is InChI=1S/C103H70N6/c1-4-33-74(34-5-1)104-90-49-18-12-43-82(90)100-94(104)53-26-54-95-101(100)84-45-14-20-51-92(84)107(95)77-39-24-31-70(60-77)66-27-22-29-68(57-66)72-59-73(63-79(62-72)109-93-52-21-15-46-85(93)103-97(109)56-55-96-102(103)83-44-13-19-50-91(83)105(96)75-35-6-2-7-36-75)69-30-23-28-67(58-69)71-32-25-40-78(61-71)108-89-48-17-11-42-81(89)87-64-86-80-41-10-16-47-88(80)106(98(86)65-99(87)108)76-37-8-3-9-38-76/h1-20,22-51,53,55-63,65,86H,21,52,54,64H2. The number of aromatic nitrogens is 5. The Morgan fingerprint density at radius 1 is 0.284 bits per heavy atom. The van der Waals surface area contributed by atoms with Crippen molar-refractivity contribution in [3.63, 3.8) is 0 Å². The molecule has 14 aromatic carbocycles. The van der Waals surface area contributed by atoms with Gasteiger partial charge in [-0.25, -0.2) is 0 Å². The molecule has 0 bridgehead atoms. The Hall–Kier alpha value is -13.9. The fourth-order valence-electron chi connectivity index (χ4n) is 19.3. The first kappa shape index (κ1) is 61.4. The summed E-state index contributed by atoms with van der Waals surface area (Å²) < 4.78 is 12.6. The molecule has 1 atom stereocenters. The molecule has 0 radical (unpaired) electrons. The van der Waals surface area contributed by atoms with Gasteiger partial charge in [0, 0.05) is 118 Å². The van der Waals surface area contributed by atoms with Gasteiger partial charge in [-0.1, -0.05) is 224 Å². The largest absolute Gasteiger partial charge is 0.313 e. The molecule has 4 aliphatic rings. The molecular formula is C103H70N6. The summed E-state index contributed by atoms with van der Waals surface area (Å²) in [5.74, 6) is 0.248. The van der Waals surface area contributed by atoms with E-state index in [0.29, 0.717) is 0 Å². The first-order valence-corrected chi connectivity index (χ1v) is 38.3. The Balaban J connectivity index is 0.679. The molecule has 19 aromatic rings. The van der Waals surface area contributed by atoms with E-state index >= 15 is 0 Å². The second-order valence-electron chi connectivity index (χ2n) is 29.7. The number of allylic oxidation sites excluding steroid dienone is 3. The minimum Gasteiger partial charge on any atom is -0.313 e. The van der Waals surface area contributed by atoms with Gasteiger partial charge in [0.05, 0.1) is 44.5 Å². The molecule has 6 heterocycles. The number of hydrogen-bond acceptors (Lipinski definition) is 1. The van der Waals surface area contributed by atoms with Gasteiger partial charge in [0.15, 0.2) is 0 Å².